The highest BCUT2D eigenvalue weighted by Crippen LogP contribution is 2.13. The van der Waals surface area contributed by atoms with Gasteiger partial charge in [0, 0.05) is 0 Å². The van der Waals surface area contributed by atoms with Crippen molar-refractivity contribution < 1.29 is 4.79 Å². The molecule has 3 N–H and O–H groups in total. The zero-order chi connectivity index (χ0) is 11.4. The lowest BCUT2D eigenvalue weighted by Crippen LogP contribution is -2.57. The maximum Gasteiger partial charge on any atom is 0.241 e. The molecule has 80 valence electrons. The first kappa shape index (κ1) is 13.0. The molecule has 14 heavy (non-hydrogen) atoms. The van der Waals surface area contributed by atoms with E-state index in [1.807, 2.05) is 13.8 Å². The topological polar surface area (TPSA) is 55.1 Å². The predicted octanol–water partition coefficient (Wildman–Crippen LogP) is 1.03. The lowest BCUT2D eigenvalue weighted by atomic mass is 9.91. The smallest absolute Gasteiger partial charge is 0.241 e. The van der Waals surface area contributed by atoms with E-state index in [1.165, 1.54) is 0 Å². The fourth-order valence-corrected chi connectivity index (χ4v) is 1.02. The van der Waals surface area contributed by atoms with Crippen LogP contribution in [0.25, 0.3) is 0 Å². The van der Waals surface area contributed by atoms with Gasteiger partial charge < -0.3 is 11.1 Å². The molecule has 0 aliphatic carbocycles. The molecule has 0 rings (SSSR count). The maximum atomic E-state index is 11.8. The molecule has 0 aromatic rings. The van der Waals surface area contributed by atoms with E-state index in [-0.39, 0.29) is 5.91 Å². The van der Waals surface area contributed by atoms with Gasteiger partial charge in [-0.15, -0.1) is 6.42 Å². The largest absolute Gasteiger partial charge is 0.339 e. The Morgan fingerprint density at radius 3 is 2.14 bits per heavy atom. The first-order valence-corrected chi connectivity index (χ1v) is 4.90. The maximum absolute atomic E-state index is 11.8. The molecular weight excluding hydrogens is 176 g/mol. The van der Waals surface area contributed by atoms with Crippen LogP contribution in [0.4, 0.5) is 0 Å². The van der Waals surface area contributed by atoms with Crippen molar-refractivity contribution in [1.82, 2.24) is 5.32 Å². The summed E-state index contributed by atoms with van der Waals surface area (Å²) in [6.07, 6.45) is 6.49. The van der Waals surface area contributed by atoms with Crippen molar-refractivity contribution in [1.29, 1.82) is 0 Å². The van der Waals surface area contributed by atoms with E-state index in [9.17, 15) is 4.79 Å². The number of nitrogens with two attached hydrogens (primary N) is 1. The summed E-state index contributed by atoms with van der Waals surface area (Å²) in [7, 11) is 0. The summed E-state index contributed by atoms with van der Waals surface area (Å²) < 4.78 is 0. The average molecular weight is 196 g/mol. The average Bonchev–Trinajstić information content (AvgIpc) is 2.16. The van der Waals surface area contributed by atoms with Gasteiger partial charge in [0.25, 0.3) is 0 Å². The third kappa shape index (κ3) is 3.04. The summed E-state index contributed by atoms with van der Waals surface area (Å²) in [6.45, 7) is 7.34. The van der Waals surface area contributed by atoms with Crippen molar-refractivity contribution >= 4 is 5.91 Å². The molecule has 0 aromatic heterocycles. The van der Waals surface area contributed by atoms with Crippen LogP contribution in [-0.2, 0) is 4.79 Å². The number of terminal acetylenes is 1. The Kier molecular flexibility index (Phi) is 4.15. The van der Waals surface area contributed by atoms with E-state index < -0.39 is 11.1 Å². The van der Waals surface area contributed by atoms with Gasteiger partial charge in [-0.05, 0) is 26.7 Å². The molecular formula is C11H20N2O. The minimum Gasteiger partial charge on any atom is -0.339 e. The predicted molar refractivity (Wildman–Crippen MR) is 58.6 cm³/mol. The Morgan fingerprint density at radius 1 is 1.43 bits per heavy atom. The quantitative estimate of drug-likeness (QED) is 0.660. The summed E-state index contributed by atoms with van der Waals surface area (Å²) in [5, 5.41) is 2.75. The van der Waals surface area contributed by atoms with Crippen LogP contribution in [0.2, 0.25) is 0 Å². The molecule has 0 atom stereocenters. The second-order valence-corrected chi connectivity index (χ2v) is 4.09. The van der Waals surface area contributed by atoms with E-state index in [0.29, 0.717) is 12.8 Å². The van der Waals surface area contributed by atoms with Gasteiger partial charge in [-0.2, -0.15) is 0 Å². The van der Waals surface area contributed by atoms with Crippen molar-refractivity contribution in [3.05, 3.63) is 0 Å². The van der Waals surface area contributed by atoms with Gasteiger partial charge in [-0.1, -0.05) is 19.8 Å². The van der Waals surface area contributed by atoms with Crippen LogP contribution in [-0.4, -0.2) is 17.0 Å². The molecule has 0 saturated heterocycles. The highest BCUT2D eigenvalue weighted by atomic mass is 16.2. The van der Waals surface area contributed by atoms with E-state index in [1.54, 1.807) is 13.8 Å². The van der Waals surface area contributed by atoms with Gasteiger partial charge >= 0.3 is 0 Å². The number of carbonyl (C=O) groups is 1. The Hall–Kier alpha value is -1.01. The van der Waals surface area contributed by atoms with Gasteiger partial charge in [-0.3, -0.25) is 4.79 Å². The summed E-state index contributed by atoms with van der Waals surface area (Å²) in [5.74, 6) is 2.33. The fourth-order valence-electron chi connectivity index (χ4n) is 1.02. The molecule has 0 aliphatic heterocycles. The monoisotopic (exact) mass is 196 g/mol. The number of hydrogen-bond acceptors (Lipinski definition) is 2. The van der Waals surface area contributed by atoms with Gasteiger partial charge in [0.2, 0.25) is 5.91 Å². The molecule has 0 radical (unpaired) electrons. The van der Waals surface area contributed by atoms with Crippen LogP contribution in [0.3, 0.4) is 0 Å². The van der Waals surface area contributed by atoms with Gasteiger partial charge in [0.1, 0.15) is 0 Å². The zero-order valence-electron chi connectivity index (χ0n) is 9.48. The van der Waals surface area contributed by atoms with Crippen LogP contribution in [0.1, 0.15) is 40.5 Å². The van der Waals surface area contributed by atoms with Crippen LogP contribution in [0.5, 0.6) is 0 Å². The molecule has 0 heterocycles. The van der Waals surface area contributed by atoms with Crippen molar-refractivity contribution in [2.45, 2.75) is 51.6 Å². The number of amides is 1. The van der Waals surface area contributed by atoms with Gasteiger partial charge in [-0.25, -0.2) is 0 Å². The number of nitrogens with one attached hydrogen (secondary N) is 1. The fraction of sp³-hybridized carbons (Fsp3) is 0.727. The van der Waals surface area contributed by atoms with Crippen LogP contribution in [0.15, 0.2) is 0 Å². The van der Waals surface area contributed by atoms with Crippen molar-refractivity contribution in [2.24, 2.45) is 5.73 Å². The van der Waals surface area contributed by atoms with Gasteiger partial charge in [0.15, 0.2) is 0 Å². The summed E-state index contributed by atoms with van der Waals surface area (Å²) in [6, 6.07) is 0. The number of hydrogen-bond donors (Lipinski definition) is 2. The molecule has 0 saturated carbocycles. The Morgan fingerprint density at radius 2 is 1.86 bits per heavy atom. The molecule has 3 heteroatoms. The number of rotatable bonds is 4. The van der Waals surface area contributed by atoms with E-state index in [4.69, 9.17) is 12.2 Å². The molecule has 1 amide bonds. The third-order valence-electron chi connectivity index (χ3n) is 2.50. The standard InChI is InChI=1S/C11H20N2O/c1-6-10(4,5)13-9(14)11(12,7-2)8-3/h1H,7-8,12H2,2-5H3,(H,13,14). The molecule has 0 fully saturated rings. The Bertz CT molecular complexity index is 247. The Balaban J connectivity index is 4.58. The first-order valence-electron chi connectivity index (χ1n) is 4.90. The second-order valence-electron chi connectivity index (χ2n) is 4.09. The van der Waals surface area contributed by atoms with Gasteiger partial charge in [0.05, 0.1) is 11.1 Å². The third-order valence-corrected chi connectivity index (χ3v) is 2.50. The molecule has 0 unspecified atom stereocenters. The van der Waals surface area contributed by atoms with Crippen molar-refractivity contribution in [3.8, 4) is 12.3 Å². The summed E-state index contributed by atoms with van der Waals surface area (Å²) in [4.78, 5) is 11.8. The molecule has 0 spiro atoms. The lowest BCUT2D eigenvalue weighted by Gasteiger charge is -2.29. The molecule has 3 nitrogen and oxygen atoms in total. The summed E-state index contributed by atoms with van der Waals surface area (Å²) in [5.41, 5.74) is 4.49. The second kappa shape index (κ2) is 4.47. The van der Waals surface area contributed by atoms with Crippen molar-refractivity contribution in [3.63, 3.8) is 0 Å². The van der Waals surface area contributed by atoms with Crippen LogP contribution >= 0.6 is 0 Å². The lowest BCUT2D eigenvalue weighted by molar-refractivity contribution is -0.127. The normalized spacial score (nSPS) is 12.0. The Labute approximate surface area is 86.4 Å². The number of carbonyl (C=O) groups excluding carboxylic acids is 1. The minimum absolute atomic E-state index is 0.176. The molecule has 0 aromatic carbocycles. The summed E-state index contributed by atoms with van der Waals surface area (Å²) >= 11 is 0. The van der Waals surface area contributed by atoms with Crippen LogP contribution in [0, 0.1) is 12.3 Å². The first-order chi connectivity index (χ1) is 6.31. The SMILES string of the molecule is C#CC(C)(C)NC(=O)C(N)(CC)CC. The van der Waals surface area contributed by atoms with E-state index >= 15 is 0 Å². The highest BCUT2D eigenvalue weighted by Gasteiger charge is 2.32. The van der Waals surface area contributed by atoms with Crippen LogP contribution < -0.4 is 11.1 Å². The van der Waals surface area contributed by atoms with Crippen molar-refractivity contribution in [2.75, 3.05) is 0 Å². The zero-order valence-corrected chi connectivity index (χ0v) is 9.48. The van der Waals surface area contributed by atoms with E-state index in [0.717, 1.165) is 0 Å². The van der Waals surface area contributed by atoms with E-state index in [2.05, 4.69) is 11.2 Å². The molecule has 0 bridgehead atoms. The molecule has 0 aliphatic rings. The highest BCUT2D eigenvalue weighted by molar-refractivity contribution is 5.86. The minimum atomic E-state index is -0.797.